The van der Waals surface area contributed by atoms with Gasteiger partial charge >= 0.3 is 5.97 Å². The summed E-state index contributed by atoms with van der Waals surface area (Å²) in [5, 5.41) is 18.7. The van der Waals surface area contributed by atoms with Crippen LogP contribution in [0.5, 0.6) is 0 Å². The van der Waals surface area contributed by atoms with Crippen molar-refractivity contribution in [1.82, 2.24) is 0 Å². The first-order valence-electron chi connectivity index (χ1n) is 9.70. The SMILES string of the molecule is CC(C)=CCC[C@H](O)C=C[C@H]1[C@H](C)CC(=O)[C@@H]1CC=CCCCC(=O)O. The van der Waals surface area contributed by atoms with Gasteiger partial charge in [0.15, 0.2) is 0 Å². The van der Waals surface area contributed by atoms with Gasteiger partial charge in [-0.3, -0.25) is 9.59 Å². The molecular weight excluding hydrogens is 328 g/mol. The molecular formula is C22H34O4. The van der Waals surface area contributed by atoms with Crippen LogP contribution in [0, 0.1) is 17.8 Å². The number of carboxylic acid groups (broad SMARTS) is 1. The Morgan fingerprint density at radius 1 is 1.27 bits per heavy atom. The Hall–Kier alpha value is -1.68. The van der Waals surface area contributed by atoms with Crippen molar-refractivity contribution in [3.63, 3.8) is 0 Å². The molecule has 0 spiro atoms. The van der Waals surface area contributed by atoms with E-state index in [9.17, 15) is 14.7 Å². The molecule has 0 unspecified atom stereocenters. The molecule has 4 nitrogen and oxygen atoms in total. The van der Waals surface area contributed by atoms with Crippen LogP contribution in [0.25, 0.3) is 0 Å². The molecule has 146 valence electrons. The Labute approximate surface area is 157 Å². The van der Waals surface area contributed by atoms with Gasteiger partial charge < -0.3 is 10.2 Å². The Bertz CT molecular complexity index is 540. The minimum atomic E-state index is -0.772. The van der Waals surface area contributed by atoms with Crippen molar-refractivity contribution in [2.75, 3.05) is 0 Å². The number of aliphatic carboxylic acids is 1. The maximum Gasteiger partial charge on any atom is 0.303 e. The second kappa shape index (κ2) is 11.8. The summed E-state index contributed by atoms with van der Waals surface area (Å²) in [4.78, 5) is 22.8. The molecule has 1 aliphatic rings. The third kappa shape index (κ3) is 8.61. The number of aliphatic hydroxyl groups is 1. The molecule has 1 rings (SSSR count). The van der Waals surface area contributed by atoms with Crippen molar-refractivity contribution in [2.24, 2.45) is 17.8 Å². The summed E-state index contributed by atoms with van der Waals surface area (Å²) in [6.45, 7) is 6.20. The minimum Gasteiger partial charge on any atom is -0.481 e. The van der Waals surface area contributed by atoms with E-state index < -0.39 is 12.1 Å². The van der Waals surface area contributed by atoms with Gasteiger partial charge in [0, 0.05) is 18.8 Å². The summed E-state index contributed by atoms with van der Waals surface area (Å²) >= 11 is 0. The van der Waals surface area contributed by atoms with Crippen molar-refractivity contribution in [3.05, 3.63) is 36.0 Å². The summed E-state index contributed by atoms with van der Waals surface area (Å²) < 4.78 is 0. The molecule has 0 aromatic rings. The maximum atomic E-state index is 12.3. The number of carboxylic acids is 1. The number of hydrogen-bond donors (Lipinski definition) is 2. The highest BCUT2D eigenvalue weighted by Gasteiger charge is 2.37. The molecule has 4 heteroatoms. The van der Waals surface area contributed by atoms with Gasteiger partial charge in [-0.05, 0) is 57.8 Å². The number of allylic oxidation sites excluding steroid dienone is 5. The zero-order valence-electron chi connectivity index (χ0n) is 16.4. The number of ketones is 1. The molecule has 0 aromatic carbocycles. The predicted octanol–water partition coefficient (Wildman–Crippen LogP) is 4.69. The fourth-order valence-corrected chi connectivity index (χ4v) is 3.46. The molecule has 1 fully saturated rings. The van der Waals surface area contributed by atoms with Crippen LogP contribution in [0.15, 0.2) is 36.0 Å². The average molecular weight is 363 g/mol. The van der Waals surface area contributed by atoms with Crippen LogP contribution >= 0.6 is 0 Å². The lowest BCUT2D eigenvalue weighted by molar-refractivity contribution is -0.137. The van der Waals surface area contributed by atoms with Gasteiger partial charge in [0.25, 0.3) is 0 Å². The highest BCUT2D eigenvalue weighted by Crippen LogP contribution is 2.37. The van der Waals surface area contributed by atoms with E-state index in [1.807, 2.05) is 38.2 Å². The third-order valence-corrected chi connectivity index (χ3v) is 4.95. The topological polar surface area (TPSA) is 74.6 Å². The molecule has 0 aliphatic heterocycles. The first-order valence-corrected chi connectivity index (χ1v) is 9.70. The number of Topliss-reactive ketones (excluding diaryl/α,β-unsaturated/α-hetero) is 1. The fraction of sp³-hybridized carbons (Fsp3) is 0.636. The van der Waals surface area contributed by atoms with Crippen molar-refractivity contribution < 1.29 is 19.8 Å². The fourth-order valence-electron chi connectivity index (χ4n) is 3.46. The highest BCUT2D eigenvalue weighted by molar-refractivity contribution is 5.84. The Morgan fingerprint density at radius 2 is 2.00 bits per heavy atom. The molecule has 4 atom stereocenters. The number of unbranched alkanes of at least 4 members (excludes halogenated alkanes) is 1. The largest absolute Gasteiger partial charge is 0.481 e. The van der Waals surface area contributed by atoms with E-state index in [4.69, 9.17) is 5.11 Å². The maximum absolute atomic E-state index is 12.3. The normalized spacial score (nSPS) is 24.5. The van der Waals surface area contributed by atoms with Crippen LogP contribution in [0.4, 0.5) is 0 Å². The van der Waals surface area contributed by atoms with E-state index in [0.717, 1.165) is 12.8 Å². The van der Waals surface area contributed by atoms with Crippen molar-refractivity contribution >= 4 is 11.8 Å². The van der Waals surface area contributed by atoms with Gasteiger partial charge in [0.2, 0.25) is 0 Å². The standard InChI is InChI=1S/C22H34O4/c1-16(2)9-8-10-18(23)13-14-19-17(3)15-21(24)20(19)11-6-4-5-7-12-22(25)26/h4,6,9,13-14,17-20,23H,5,7-8,10-12,15H2,1-3H3,(H,25,26)/t17-,18+,19+,20-/m1/s1. The van der Waals surface area contributed by atoms with E-state index in [2.05, 4.69) is 13.0 Å². The monoisotopic (exact) mass is 362 g/mol. The van der Waals surface area contributed by atoms with Crippen LogP contribution in [-0.2, 0) is 9.59 Å². The zero-order valence-corrected chi connectivity index (χ0v) is 16.4. The average Bonchev–Trinajstić information content (AvgIpc) is 2.81. The molecule has 1 aliphatic carbocycles. The van der Waals surface area contributed by atoms with Crippen LogP contribution < -0.4 is 0 Å². The van der Waals surface area contributed by atoms with E-state index >= 15 is 0 Å². The van der Waals surface area contributed by atoms with Gasteiger partial charge in [-0.15, -0.1) is 0 Å². The number of hydrogen-bond acceptors (Lipinski definition) is 3. The number of aliphatic hydroxyl groups excluding tert-OH is 1. The minimum absolute atomic E-state index is 0.0260. The lowest BCUT2D eigenvalue weighted by Gasteiger charge is -2.17. The molecule has 0 heterocycles. The van der Waals surface area contributed by atoms with E-state index in [1.165, 1.54) is 5.57 Å². The van der Waals surface area contributed by atoms with E-state index in [0.29, 0.717) is 37.4 Å². The Balaban J connectivity index is 2.51. The predicted molar refractivity (Wildman–Crippen MR) is 105 cm³/mol. The van der Waals surface area contributed by atoms with Gasteiger partial charge in [0.1, 0.15) is 5.78 Å². The van der Waals surface area contributed by atoms with Gasteiger partial charge in [-0.2, -0.15) is 0 Å². The molecule has 1 saturated carbocycles. The summed E-state index contributed by atoms with van der Waals surface area (Å²) in [7, 11) is 0. The van der Waals surface area contributed by atoms with Crippen LogP contribution in [0.1, 0.15) is 65.7 Å². The quantitative estimate of drug-likeness (QED) is 0.413. The van der Waals surface area contributed by atoms with Crippen LogP contribution in [0.3, 0.4) is 0 Å². The smallest absolute Gasteiger partial charge is 0.303 e. The van der Waals surface area contributed by atoms with Gasteiger partial charge in [0.05, 0.1) is 6.10 Å². The lowest BCUT2D eigenvalue weighted by Crippen LogP contribution is -2.15. The number of carbonyl (C=O) groups is 2. The molecule has 26 heavy (non-hydrogen) atoms. The summed E-state index contributed by atoms with van der Waals surface area (Å²) in [6, 6.07) is 0. The Morgan fingerprint density at radius 3 is 2.65 bits per heavy atom. The molecule has 0 saturated heterocycles. The highest BCUT2D eigenvalue weighted by atomic mass is 16.4. The van der Waals surface area contributed by atoms with Crippen LogP contribution in [0.2, 0.25) is 0 Å². The van der Waals surface area contributed by atoms with Gasteiger partial charge in [-0.1, -0.05) is 42.9 Å². The zero-order chi connectivity index (χ0) is 19.5. The molecule has 0 amide bonds. The summed E-state index contributed by atoms with van der Waals surface area (Å²) in [6.07, 6.45) is 13.9. The molecule has 0 aromatic heterocycles. The molecule has 2 N–H and O–H groups in total. The van der Waals surface area contributed by atoms with Crippen LogP contribution in [-0.4, -0.2) is 28.1 Å². The second-order valence-electron chi connectivity index (χ2n) is 7.64. The Kier molecular flexibility index (Phi) is 10.2. The molecule has 0 bridgehead atoms. The first kappa shape index (κ1) is 22.4. The first-order chi connectivity index (χ1) is 12.3. The lowest BCUT2D eigenvalue weighted by atomic mass is 9.87. The number of carbonyl (C=O) groups excluding carboxylic acids is 1. The number of rotatable bonds is 11. The second-order valence-corrected chi connectivity index (χ2v) is 7.64. The van der Waals surface area contributed by atoms with Crippen molar-refractivity contribution in [1.29, 1.82) is 0 Å². The van der Waals surface area contributed by atoms with Crippen molar-refractivity contribution in [3.8, 4) is 0 Å². The van der Waals surface area contributed by atoms with E-state index in [1.54, 1.807) is 0 Å². The summed E-state index contributed by atoms with van der Waals surface area (Å²) in [5.74, 6) is -0.0340. The van der Waals surface area contributed by atoms with Crippen molar-refractivity contribution in [2.45, 2.75) is 71.8 Å². The third-order valence-electron chi connectivity index (χ3n) is 4.95. The van der Waals surface area contributed by atoms with Gasteiger partial charge in [-0.25, -0.2) is 0 Å². The van der Waals surface area contributed by atoms with E-state index in [-0.39, 0.29) is 18.3 Å². The molecule has 0 radical (unpaired) electrons. The summed E-state index contributed by atoms with van der Waals surface area (Å²) in [5.41, 5.74) is 1.26.